The minimum absolute atomic E-state index is 0.0908. The topological polar surface area (TPSA) is 85.5 Å². The quantitative estimate of drug-likeness (QED) is 0.402. The van der Waals surface area contributed by atoms with Gasteiger partial charge in [-0.3, -0.25) is 4.79 Å². The van der Waals surface area contributed by atoms with Gasteiger partial charge in [0.1, 0.15) is 0 Å². The van der Waals surface area contributed by atoms with E-state index in [0.29, 0.717) is 16.8 Å². The zero-order valence-electron chi connectivity index (χ0n) is 17.4. The van der Waals surface area contributed by atoms with Gasteiger partial charge in [0, 0.05) is 11.7 Å². The van der Waals surface area contributed by atoms with Crippen LogP contribution in [0, 0.1) is 6.92 Å². The third-order valence-electron chi connectivity index (χ3n) is 4.76. The fourth-order valence-corrected chi connectivity index (χ4v) is 4.09. The Morgan fingerprint density at radius 2 is 1.94 bits per heavy atom. The molecule has 0 radical (unpaired) electrons. The second-order valence-electron chi connectivity index (χ2n) is 7.25. The van der Waals surface area contributed by atoms with Crippen molar-refractivity contribution in [3.63, 3.8) is 0 Å². The van der Waals surface area contributed by atoms with Crippen LogP contribution >= 0.6 is 11.3 Å². The Labute approximate surface area is 183 Å². The van der Waals surface area contributed by atoms with Crippen LogP contribution in [0.5, 0.6) is 0 Å². The van der Waals surface area contributed by atoms with Crippen LogP contribution in [0.25, 0.3) is 21.7 Å². The highest BCUT2D eigenvalue weighted by Gasteiger charge is 2.24. The van der Waals surface area contributed by atoms with E-state index in [0.717, 1.165) is 10.6 Å². The summed E-state index contributed by atoms with van der Waals surface area (Å²) in [5, 5.41) is 6.34. The number of carbonyl (C=O) groups excluding carboxylic acids is 2. The largest absolute Gasteiger partial charge is 0.452 e. The molecule has 3 aromatic heterocycles. The van der Waals surface area contributed by atoms with E-state index in [4.69, 9.17) is 9.26 Å². The number of amides is 1. The Morgan fingerprint density at radius 3 is 2.61 bits per heavy atom. The number of esters is 1. The molecule has 8 heteroatoms. The third kappa shape index (κ3) is 4.20. The summed E-state index contributed by atoms with van der Waals surface area (Å²) in [6.07, 6.45) is 0. The smallest absolute Gasteiger partial charge is 0.339 e. The molecular formula is C23H21N3O4S. The van der Waals surface area contributed by atoms with Crippen molar-refractivity contribution in [1.29, 1.82) is 0 Å². The molecule has 3 heterocycles. The van der Waals surface area contributed by atoms with Gasteiger partial charge in [-0.1, -0.05) is 29.4 Å². The van der Waals surface area contributed by atoms with Gasteiger partial charge < -0.3 is 14.2 Å². The van der Waals surface area contributed by atoms with E-state index < -0.39 is 5.97 Å². The highest BCUT2D eigenvalue weighted by molar-refractivity contribution is 7.13. The summed E-state index contributed by atoms with van der Waals surface area (Å²) in [5.74, 6) is -0.929. The molecule has 4 aromatic rings. The molecule has 1 amide bonds. The van der Waals surface area contributed by atoms with Gasteiger partial charge in [-0.05, 0) is 50.4 Å². The fraction of sp³-hybridized carbons (Fsp3) is 0.217. The molecule has 0 N–H and O–H groups in total. The summed E-state index contributed by atoms with van der Waals surface area (Å²) in [4.78, 5) is 32.8. The lowest BCUT2D eigenvalue weighted by molar-refractivity contribution is -0.122. The number of rotatable bonds is 6. The minimum atomic E-state index is -0.623. The average Bonchev–Trinajstić information content (AvgIpc) is 3.42. The molecule has 0 bridgehead atoms. The Hall–Kier alpha value is -3.52. The number of fused-ring (bicyclic) bond motifs is 1. The van der Waals surface area contributed by atoms with E-state index in [9.17, 15) is 9.59 Å². The van der Waals surface area contributed by atoms with E-state index in [2.05, 4.69) is 10.1 Å². The van der Waals surface area contributed by atoms with Crippen molar-refractivity contribution in [3.8, 4) is 10.6 Å². The van der Waals surface area contributed by atoms with Gasteiger partial charge in [0.25, 0.3) is 11.6 Å². The van der Waals surface area contributed by atoms with Gasteiger partial charge in [-0.25, -0.2) is 9.78 Å². The van der Waals surface area contributed by atoms with Gasteiger partial charge in [-0.2, -0.15) is 0 Å². The average molecular weight is 436 g/mol. The molecule has 31 heavy (non-hydrogen) atoms. The Kier molecular flexibility index (Phi) is 5.81. The number of aryl methyl sites for hydroxylation is 1. The lowest BCUT2D eigenvalue weighted by Crippen LogP contribution is -2.39. The predicted molar refractivity (Wildman–Crippen MR) is 119 cm³/mol. The van der Waals surface area contributed by atoms with Gasteiger partial charge in [0.2, 0.25) is 0 Å². The number of hydrogen-bond acceptors (Lipinski definition) is 7. The van der Waals surface area contributed by atoms with Crippen LogP contribution < -0.4 is 4.90 Å². The van der Waals surface area contributed by atoms with Crippen molar-refractivity contribution >= 4 is 40.0 Å². The van der Waals surface area contributed by atoms with Crippen molar-refractivity contribution in [3.05, 3.63) is 65.2 Å². The molecule has 7 nitrogen and oxygen atoms in total. The normalized spacial score (nSPS) is 11.1. The monoisotopic (exact) mass is 435 g/mol. The van der Waals surface area contributed by atoms with Crippen LogP contribution in [0.2, 0.25) is 0 Å². The van der Waals surface area contributed by atoms with E-state index >= 15 is 0 Å². The highest BCUT2D eigenvalue weighted by atomic mass is 32.1. The number of thiophene rings is 1. The van der Waals surface area contributed by atoms with Gasteiger partial charge in [0.05, 0.1) is 27.2 Å². The summed E-state index contributed by atoms with van der Waals surface area (Å²) < 4.78 is 10.7. The Bertz CT molecular complexity index is 1220. The van der Waals surface area contributed by atoms with Crippen molar-refractivity contribution in [2.75, 3.05) is 11.5 Å². The van der Waals surface area contributed by atoms with Crippen molar-refractivity contribution in [2.45, 2.75) is 26.8 Å². The first-order valence-electron chi connectivity index (χ1n) is 9.81. The van der Waals surface area contributed by atoms with Crippen LogP contribution in [0.3, 0.4) is 0 Å². The molecule has 0 fully saturated rings. The second-order valence-corrected chi connectivity index (χ2v) is 8.20. The molecule has 0 aliphatic heterocycles. The van der Waals surface area contributed by atoms with Crippen LogP contribution in [-0.4, -0.2) is 34.7 Å². The second kappa shape index (κ2) is 8.69. The van der Waals surface area contributed by atoms with E-state index in [1.54, 1.807) is 17.9 Å². The maximum Gasteiger partial charge on any atom is 0.339 e. The molecule has 0 saturated heterocycles. The molecule has 0 aliphatic rings. The molecular weight excluding hydrogens is 414 g/mol. The minimum Gasteiger partial charge on any atom is -0.452 e. The predicted octanol–water partition coefficient (Wildman–Crippen LogP) is 4.86. The maximum absolute atomic E-state index is 13.0. The fourth-order valence-electron chi connectivity index (χ4n) is 3.40. The van der Waals surface area contributed by atoms with Crippen molar-refractivity contribution in [1.82, 2.24) is 10.1 Å². The molecule has 4 rings (SSSR count). The molecule has 0 atom stereocenters. The van der Waals surface area contributed by atoms with Gasteiger partial charge >= 0.3 is 5.97 Å². The summed E-state index contributed by atoms with van der Waals surface area (Å²) >= 11 is 1.50. The number of para-hydroxylation sites is 1. The van der Waals surface area contributed by atoms with Crippen molar-refractivity contribution < 1.29 is 18.8 Å². The summed E-state index contributed by atoms with van der Waals surface area (Å²) in [6.45, 7) is 5.17. The lowest BCUT2D eigenvalue weighted by atomic mass is 10.1. The number of ether oxygens (including phenoxy) is 1. The first-order chi connectivity index (χ1) is 15.0. The standard InChI is InChI=1S/C23H21N3O4S/c1-14(2)26(16-8-5-4-6-9-16)20(27)13-29-23(28)17-12-18(19-10-7-11-31-19)24-22-21(17)15(3)25-30-22/h4-12,14H,13H2,1-3H3. The molecule has 158 valence electrons. The third-order valence-corrected chi connectivity index (χ3v) is 5.65. The molecule has 1 aromatic carbocycles. The number of carbonyl (C=O) groups is 2. The molecule has 0 aliphatic carbocycles. The number of pyridine rings is 1. The van der Waals surface area contributed by atoms with Gasteiger partial charge in [0.15, 0.2) is 6.61 Å². The number of nitrogens with zero attached hydrogens (tertiary/aromatic N) is 3. The molecule has 0 spiro atoms. The molecule has 0 unspecified atom stereocenters. The zero-order chi connectivity index (χ0) is 22.0. The Balaban J connectivity index is 1.60. The van der Waals surface area contributed by atoms with E-state index in [-0.39, 0.29) is 29.8 Å². The lowest BCUT2D eigenvalue weighted by Gasteiger charge is -2.26. The highest BCUT2D eigenvalue weighted by Crippen LogP contribution is 2.30. The number of benzene rings is 1. The van der Waals surface area contributed by atoms with Crippen LogP contribution in [0.4, 0.5) is 5.69 Å². The SMILES string of the molecule is Cc1noc2nc(-c3cccs3)cc(C(=O)OCC(=O)N(c3ccccc3)C(C)C)c12. The summed E-state index contributed by atoms with van der Waals surface area (Å²) in [6, 6.07) is 14.7. The van der Waals surface area contributed by atoms with E-state index in [1.165, 1.54) is 11.3 Å². The number of hydrogen-bond donors (Lipinski definition) is 0. The number of anilines is 1. The maximum atomic E-state index is 13.0. The first-order valence-corrected chi connectivity index (χ1v) is 10.7. The van der Waals surface area contributed by atoms with Crippen LogP contribution in [0.15, 0.2) is 58.4 Å². The first kappa shape index (κ1) is 20.7. The summed E-state index contributed by atoms with van der Waals surface area (Å²) in [5.41, 5.74) is 2.40. The number of aromatic nitrogens is 2. The Morgan fingerprint density at radius 1 is 1.16 bits per heavy atom. The van der Waals surface area contributed by atoms with Crippen LogP contribution in [-0.2, 0) is 9.53 Å². The van der Waals surface area contributed by atoms with Crippen LogP contribution in [0.1, 0.15) is 29.9 Å². The van der Waals surface area contributed by atoms with Crippen molar-refractivity contribution in [2.24, 2.45) is 0 Å². The van der Waals surface area contributed by atoms with E-state index in [1.807, 2.05) is 61.7 Å². The summed E-state index contributed by atoms with van der Waals surface area (Å²) in [7, 11) is 0. The van der Waals surface area contributed by atoms with Gasteiger partial charge in [-0.15, -0.1) is 11.3 Å². The zero-order valence-corrected chi connectivity index (χ0v) is 18.2. The molecule has 0 saturated carbocycles.